The number of carbonyl (C=O) groups is 1. The van der Waals surface area contributed by atoms with E-state index in [-0.39, 0.29) is 5.91 Å². The van der Waals surface area contributed by atoms with Crippen LogP contribution in [-0.4, -0.2) is 25.2 Å². The third-order valence-corrected chi connectivity index (χ3v) is 1.92. The average molecular weight is 187 g/mol. The lowest BCUT2D eigenvalue weighted by molar-refractivity contribution is -0.122. The van der Waals surface area contributed by atoms with Gasteiger partial charge in [0.05, 0.1) is 0 Å². The van der Waals surface area contributed by atoms with E-state index in [1.807, 2.05) is 13.8 Å². The Hall–Kier alpha value is -0.570. The maximum absolute atomic E-state index is 11.2. The van der Waals surface area contributed by atoms with Crippen LogP contribution in [0.25, 0.3) is 0 Å². The second-order valence-corrected chi connectivity index (χ2v) is 3.18. The quantitative estimate of drug-likeness (QED) is 0.616. The Morgan fingerprint density at radius 2 is 2.15 bits per heavy atom. The van der Waals surface area contributed by atoms with Crippen molar-refractivity contribution in [3.05, 3.63) is 0 Å². The fourth-order valence-electron chi connectivity index (χ4n) is 0.928. The Morgan fingerprint density at radius 3 is 2.69 bits per heavy atom. The summed E-state index contributed by atoms with van der Waals surface area (Å²) in [5, 5.41) is 2.91. The van der Waals surface area contributed by atoms with Crippen LogP contribution in [0.5, 0.6) is 0 Å². The predicted octanol–water partition coefficient (Wildman–Crippen LogP) is 1.72. The summed E-state index contributed by atoms with van der Waals surface area (Å²) in [5.74, 6) is 0.133. The zero-order chi connectivity index (χ0) is 10.1. The van der Waals surface area contributed by atoms with Crippen molar-refractivity contribution in [1.29, 1.82) is 0 Å². The van der Waals surface area contributed by atoms with Crippen molar-refractivity contribution in [3.8, 4) is 0 Å². The summed E-state index contributed by atoms with van der Waals surface area (Å²) in [6.07, 6.45) is 2.37. The lowest BCUT2D eigenvalue weighted by Crippen LogP contribution is -2.31. The third-order valence-electron chi connectivity index (χ3n) is 1.92. The van der Waals surface area contributed by atoms with Crippen LogP contribution in [0.3, 0.4) is 0 Å². The minimum Gasteiger partial charge on any atom is -0.382 e. The number of amides is 1. The van der Waals surface area contributed by atoms with Crippen LogP contribution in [-0.2, 0) is 9.53 Å². The zero-order valence-corrected chi connectivity index (χ0v) is 8.93. The van der Waals surface area contributed by atoms with Gasteiger partial charge in [0.25, 0.3) is 0 Å². The molecule has 0 aliphatic heterocycles. The van der Waals surface area contributed by atoms with Gasteiger partial charge in [-0.2, -0.15) is 0 Å². The van der Waals surface area contributed by atoms with Gasteiger partial charge in [0.2, 0.25) is 5.91 Å². The van der Waals surface area contributed by atoms with E-state index >= 15 is 0 Å². The molecule has 0 aliphatic rings. The molecule has 0 aromatic heterocycles. The summed E-state index contributed by atoms with van der Waals surface area (Å²) in [4.78, 5) is 11.2. The number of hydrogen-bond acceptors (Lipinski definition) is 2. The summed E-state index contributed by atoms with van der Waals surface area (Å²) >= 11 is 0. The maximum Gasteiger partial charge on any atom is 0.220 e. The van der Waals surface area contributed by atoms with Gasteiger partial charge in [0.15, 0.2) is 0 Å². The first-order valence-electron chi connectivity index (χ1n) is 5.07. The van der Waals surface area contributed by atoms with Gasteiger partial charge in [-0.1, -0.05) is 6.92 Å². The summed E-state index contributed by atoms with van der Waals surface area (Å²) in [5.41, 5.74) is 0. The fraction of sp³-hybridized carbons (Fsp3) is 0.900. The zero-order valence-electron chi connectivity index (χ0n) is 8.93. The van der Waals surface area contributed by atoms with Gasteiger partial charge in [-0.25, -0.2) is 0 Å². The molecule has 1 atom stereocenters. The molecular formula is C10H21NO2. The first-order chi connectivity index (χ1) is 6.20. The van der Waals surface area contributed by atoms with Gasteiger partial charge in [0.1, 0.15) is 0 Å². The molecule has 0 heterocycles. The van der Waals surface area contributed by atoms with Crippen LogP contribution in [0.1, 0.15) is 40.0 Å². The van der Waals surface area contributed by atoms with Gasteiger partial charge < -0.3 is 10.1 Å². The van der Waals surface area contributed by atoms with Crippen molar-refractivity contribution in [2.75, 3.05) is 13.2 Å². The van der Waals surface area contributed by atoms with Crippen LogP contribution in [0, 0.1) is 0 Å². The molecule has 0 rings (SSSR count). The Morgan fingerprint density at radius 1 is 1.46 bits per heavy atom. The highest BCUT2D eigenvalue weighted by molar-refractivity contribution is 5.76. The lowest BCUT2D eigenvalue weighted by atomic mass is 10.2. The highest BCUT2D eigenvalue weighted by Gasteiger charge is 2.04. The second kappa shape index (κ2) is 8.05. The van der Waals surface area contributed by atoms with E-state index in [2.05, 4.69) is 12.2 Å². The summed E-state index contributed by atoms with van der Waals surface area (Å²) in [6.45, 7) is 7.45. The predicted molar refractivity (Wildman–Crippen MR) is 53.6 cm³/mol. The van der Waals surface area contributed by atoms with E-state index in [9.17, 15) is 4.79 Å². The van der Waals surface area contributed by atoms with Crippen molar-refractivity contribution in [1.82, 2.24) is 5.32 Å². The number of hydrogen-bond donors (Lipinski definition) is 1. The second-order valence-electron chi connectivity index (χ2n) is 3.18. The van der Waals surface area contributed by atoms with Crippen molar-refractivity contribution in [2.45, 2.75) is 46.1 Å². The van der Waals surface area contributed by atoms with E-state index in [4.69, 9.17) is 4.74 Å². The molecule has 78 valence electrons. The molecule has 13 heavy (non-hydrogen) atoms. The first kappa shape index (κ1) is 12.4. The van der Waals surface area contributed by atoms with E-state index < -0.39 is 0 Å². The highest BCUT2D eigenvalue weighted by atomic mass is 16.5. The molecule has 1 amide bonds. The molecule has 0 aliphatic carbocycles. The molecule has 1 N–H and O–H groups in total. The van der Waals surface area contributed by atoms with Crippen LogP contribution in [0.4, 0.5) is 0 Å². The summed E-state index contributed by atoms with van der Waals surface area (Å²) in [6, 6.07) is 0.291. The smallest absolute Gasteiger partial charge is 0.220 e. The van der Waals surface area contributed by atoms with E-state index in [1.165, 1.54) is 0 Å². The molecule has 0 spiro atoms. The highest BCUT2D eigenvalue weighted by Crippen LogP contribution is 1.93. The monoisotopic (exact) mass is 187 g/mol. The average Bonchev–Trinajstić information content (AvgIpc) is 2.12. The molecule has 0 saturated carbocycles. The number of carbonyl (C=O) groups excluding carboxylic acids is 1. The molecule has 0 fully saturated rings. The molecule has 0 saturated heterocycles. The van der Waals surface area contributed by atoms with Crippen molar-refractivity contribution < 1.29 is 9.53 Å². The summed E-state index contributed by atoms with van der Waals surface area (Å²) in [7, 11) is 0. The topological polar surface area (TPSA) is 38.3 Å². The SMILES string of the molecule is CCOCCCC(=O)NC(C)CC. The van der Waals surface area contributed by atoms with Gasteiger partial charge in [-0.05, 0) is 26.7 Å². The van der Waals surface area contributed by atoms with Crippen LogP contribution in [0.2, 0.25) is 0 Å². The minimum absolute atomic E-state index is 0.133. The van der Waals surface area contributed by atoms with Gasteiger partial charge >= 0.3 is 0 Å². The van der Waals surface area contributed by atoms with Crippen LogP contribution < -0.4 is 5.32 Å². The van der Waals surface area contributed by atoms with Crippen molar-refractivity contribution in [3.63, 3.8) is 0 Å². The summed E-state index contributed by atoms with van der Waals surface area (Å²) < 4.78 is 5.14. The number of nitrogens with one attached hydrogen (secondary N) is 1. The Bertz CT molecular complexity index is 137. The van der Waals surface area contributed by atoms with Gasteiger partial charge in [-0.15, -0.1) is 0 Å². The minimum atomic E-state index is 0.133. The fourth-order valence-corrected chi connectivity index (χ4v) is 0.928. The van der Waals surface area contributed by atoms with E-state index in [1.54, 1.807) is 0 Å². The maximum atomic E-state index is 11.2. The first-order valence-corrected chi connectivity index (χ1v) is 5.07. The molecular weight excluding hydrogens is 166 g/mol. The molecule has 0 aromatic rings. The Balaban J connectivity index is 3.30. The molecule has 1 unspecified atom stereocenters. The Kier molecular flexibility index (Phi) is 7.69. The van der Waals surface area contributed by atoms with Crippen molar-refractivity contribution >= 4 is 5.91 Å². The third kappa shape index (κ3) is 7.78. The van der Waals surface area contributed by atoms with Crippen molar-refractivity contribution in [2.24, 2.45) is 0 Å². The van der Waals surface area contributed by atoms with Gasteiger partial charge in [-0.3, -0.25) is 4.79 Å². The molecule has 0 radical (unpaired) electrons. The van der Waals surface area contributed by atoms with Gasteiger partial charge in [0, 0.05) is 25.7 Å². The molecule has 0 aromatic carbocycles. The molecule has 3 heteroatoms. The number of ether oxygens (including phenoxy) is 1. The Labute approximate surface area is 80.8 Å². The largest absolute Gasteiger partial charge is 0.382 e. The number of rotatable bonds is 7. The van der Waals surface area contributed by atoms with Crippen LogP contribution >= 0.6 is 0 Å². The van der Waals surface area contributed by atoms with Crippen LogP contribution in [0.15, 0.2) is 0 Å². The molecule has 3 nitrogen and oxygen atoms in total. The molecule has 0 bridgehead atoms. The van der Waals surface area contributed by atoms with E-state index in [0.29, 0.717) is 19.1 Å². The standard InChI is InChI=1S/C10H21NO2/c1-4-9(3)11-10(12)7-6-8-13-5-2/h9H,4-8H2,1-3H3,(H,11,12). The lowest BCUT2D eigenvalue weighted by Gasteiger charge is -2.10. The van der Waals surface area contributed by atoms with E-state index in [0.717, 1.165) is 19.4 Å². The normalized spacial score (nSPS) is 12.5.